The summed E-state index contributed by atoms with van der Waals surface area (Å²) in [6.45, 7) is 9.38. The molecule has 4 heteroatoms. The highest BCUT2D eigenvalue weighted by molar-refractivity contribution is 4.81. The zero-order valence-corrected chi connectivity index (χ0v) is 12.6. The van der Waals surface area contributed by atoms with Crippen molar-refractivity contribution in [3.8, 4) is 0 Å². The van der Waals surface area contributed by atoms with Gasteiger partial charge in [-0.2, -0.15) is 0 Å². The molecule has 0 aliphatic carbocycles. The first kappa shape index (κ1) is 15.9. The van der Waals surface area contributed by atoms with Crippen LogP contribution >= 0.6 is 0 Å². The largest absolute Gasteiger partial charge is 0.394 e. The molecule has 2 unspecified atom stereocenters. The van der Waals surface area contributed by atoms with Gasteiger partial charge in [0.2, 0.25) is 0 Å². The lowest BCUT2D eigenvalue weighted by Crippen LogP contribution is -2.50. The summed E-state index contributed by atoms with van der Waals surface area (Å²) in [6, 6.07) is 0.679. The van der Waals surface area contributed by atoms with Gasteiger partial charge in [-0.25, -0.2) is 0 Å². The Kier molecular flexibility index (Phi) is 6.57. The van der Waals surface area contributed by atoms with Crippen LogP contribution in [-0.4, -0.2) is 73.4 Å². The molecule has 1 heterocycles. The number of likely N-dealkylation sites (N-methyl/N-ethyl adjacent to an activating group) is 2. The van der Waals surface area contributed by atoms with Gasteiger partial charge in [0.15, 0.2) is 0 Å². The SMILES string of the molecule is CNC(C)(CO)CCCCN1CCN(C)C(C)C1. The van der Waals surface area contributed by atoms with Crippen molar-refractivity contribution in [3.05, 3.63) is 0 Å². The standard InChI is InChI=1S/C14H31N3O/c1-13-11-17(10-9-16(13)4)8-6-5-7-14(2,12-18)15-3/h13,15,18H,5-12H2,1-4H3. The Morgan fingerprint density at radius 2 is 2.06 bits per heavy atom. The molecule has 1 saturated heterocycles. The van der Waals surface area contributed by atoms with Crippen molar-refractivity contribution in [1.82, 2.24) is 15.1 Å². The second kappa shape index (κ2) is 7.43. The zero-order valence-electron chi connectivity index (χ0n) is 12.6. The van der Waals surface area contributed by atoms with Gasteiger partial charge in [0.25, 0.3) is 0 Å². The molecule has 1 rings (SSSR count). The molecule has 0 bridgehead atoms. The number of nitrogens with zero attached hydrogens (tertiary/aromatic N) is 2. The Labute approximate surface area is 112 Å². The minimum absolute atomic E-state index is 0.102. The fourth-order valence-corrected chi connectivity index (χ4v) is 2.46. The number of aliphatic hydroxyl groups is 1. The third-order valence-electron chi connectivity index (χ3n) is 4.45. The van der Waals surface area contributed by atoms with Gasteiger partial charge < -0.3 is 20.2 Å². The van der Waals surface area contributed by atoms with Crippen LogP contribution in [0.25, 0.3) is 0 Å². The number of rotatable bonds is 7. The maximum Gasteiger partial charge on any atom is 0.0610 e. The Bertz CT molecular complexity index is 231. The van der Waals surface area contributed by atoms with Crippen LogP contribution in [0.2, 0.25) is 0 Å². The fourth-order valence-electron chi connectivity index (χ4n) is 2.46. The van der Waals surface area contributed by atoms with Crippen molar-refractivity contribution >= 4 is 0 Å². The average Bonchev–Trinajstić information content (AvgIpc) is 2.38. The average molecular weight is 257 g/mol. The lowest BCUT2D eigenvalue weighted by molar-refractivity contribution is 0.102. The molecule has 0 aromatic rings. The van der Waals surface area contributed by atoms with Gasteiger partial charge in [-0.05, 0) is 47.3 Å². The van der Waals surface area contributed by atoms with E-state index in [4.69, 9.17) is 0 Å². The van der Waals surface area contributed by atoms with Crippen LogP contribution in [0.15, 0.2) is 0 Å². The summed E-state index contributed by atoms with van der Waals surface area (Å²) < 4.78 is 0. The molecule has 0 aromatic carbocycles. The minimum atomic E-state index is -0.102. The fraction of sp³-hybridized carbons (Fsp3) is 1.00. The highest BCUT2D eigenvalue weighted by Gasteiger charge is 2.22. The highest BCUT2D eigenvalue weighted by atomic mass is 16.3. The van der Waals surface area contributed by atoms with Crippen LogP contribution in [0.3, 0.4) is 0 Å². The van der Waals surface area contributed by atoms with Crippen LogP contribution < -0.4 is 5.32 Å². The Morgan fingerprint density at radius 3 is 2.61 bits per heavy atom. The summed E-state index contributed by atoms with van der Waals surface area (Å²) in [4.78, 5) is 5.00. The van der Waals surface area contributed by atoms with Gasteiger partial charge in [0.05, 0.1) is 6.61 Å². The van der Waals surface area contributed by atoms with Crippen molar-refractivity contribution < 1.29 is 5.11 Å². The lowest BCUT2D eigenvalue weighted by atomic mass is 9.96. The first-order valence-corrected chi connectivity index (χ1v) is 7.23. The maximum atomic E-state index is 9.32. The van der Waals surface area contributed by atoms with Gasteiger partial charge in [-0.15, -0.1) is 0 Å². The third-order valence-corrected chi connectivity index (χ3v) is 4.45. The molecule has 0 aromatic heterocycles. The van der Waals surface area contributed by atoms with Gasteiger partial charge in [0.1, 0.15) is 0 Å². The Balaban J connectivity index is 2.15. The van der Waals surface area contributed by atoms with Gasteiger partial charge in [0, 0.05) is 31.2 Å². The molecule has 0 amide bonds. The third kappa shape index (κ3) is 4.84. The molecule has 4 nitrogen and oxygen atoms in total. The summed E-state index contributed by atoms with van der Waals surface area (Å²) in [5.41, 5.74) is -0.102. The van der Waals surface area contributed by atoms with Crippen molar-refractivity contribution in [2.75, 3.05) is 46.9 Å². The highest BCUT2D eigenvalue weighted by Crippen LogP contribution is 2.14. The van der Waals surface area contributed by atoms with Crippen LogP contribution in [0, 0.1) is 0 Å². The second-order valence-electron chi connectivity index (χ2n) is 6.06. The molecule has 1 fully saturated rings. The van der Waals surface area contributed by atoms with Crippen LogP contribution in [0.5, 0.6) is 0 Å². The number of aliphatic hydroxyl groups excluding tert-OH is 1. The molecule has 0 saturated carbocycles. The second-order valence-corrected chi connectivity index (χ2v) is 6.06. The van der Waals surface area contributed by atoms with E-state index in [0.717, 1.165) is 6.42 Å². The summed E-state index contributed by atoms with van der Waals surface area (Å²) in [7, 11) is 4.14. The number of nitrogens with one attached hydrogen (secondary N) is 1. The molecule has 2 N–H and O–H groups in total. The first-order chi connectivity index (χ1) is 8.50. The monoisotopic (exact) mass is 257 g/mol. The summed E-state index contributed by atoms with van der Waals surface area (Å²) in [5.74, 6) is 0. The zero-order chi connectivity index (χ0) is 13.6. The van der Waals surface area contributed by atoms with E-state index in [1.54, 1.807) is 0 Å². The number of unbranched alkanes of at least 4 members (excludes halogenated alkanes) is 1. The molecule has 2 atom stereocenters. The van der Waals surface area contributed by atoms with Crippen LogP contribution in [0.4, 0.5) is 0 Å². The molecule has 1 aliphatic rings. The van der Waals surface area contributed by atoms with Gasteiger partial charge in [-0.3, -0.25) is 0 Å². The van der Waals surface area contributed by atoms with Crippen molar-refractivity contribution in [3.63, 3.8) is 0 Å². The molecular formula is C14H31N3O. The van der Waals surface area contributed by atoms with E-state index in [9.17, 15) is 5.11 Å². The summed E-state index contributed by atoms with van der Waals surface area (Å²) in [6.07, 6.45) is 3.45. The quantitative estimate of drug-likeness (QED) is 0.661. The summed E-state index contributed by atoms with van der Waals surface area (Å²) in [5, 5.41) is 12.5. The van der Waals surface area contributed by atoms with E-state index in [2.05, 4.69) is 36.0 Å². The van der Waals surface area contributed by atoms with E-state index < -0.39 is 0 Å². The predicted octanol–water partition coefficient (Wildman–Crippen LogP) is 0.763. The van der Waals surface area contributed by atoms with Gasteiger partial charge in [-0.1, -0.05) is 6.42 Å². The molecule has 1 aliphatic heterocycles. The van der Waals surface area contributed by atoms with Crippen molar-refractivity contribution in [2.24, 2.45) is 0 Å². The van der Waals surface area contributed by atoms with Crippen molar-refractivity contribution in [1.29, 1.82) is 0 Å². The Morgan fingerprint density at radius 1 is 1.33 bits per heavy atom. The molecule has 108 valence electrons. The topological polar surface area (TPSA) is 38.7 Å². The van der Waals surface area contributed by atoms with Crippen LogP contribution in [-0.2, 0) is 0 Å². The molecular weight excluding hydrogens is 226 g/mol. The Hall–Kier alpha value is -0.160. The van der Waals surface area contributed by atoms with E-state index >= 15 is 0 Å². The normalized spacial score (nSPS) is 26.2. The first-order valence-electron chi connectivity index (χ1n) is 7.23. The van der Waals surface area contributed by atoms with E-state index in [0.29, 0.717) is 6.04 Å². The van der Waals surface area contributed by atoms with Crippen molar-refractivity contribution in [2.45, 2.75) is 44.7 Å². The molecule has 0 radical (unpaired) electrons. The predicted molar refractivity (Wildman–Crippen MR) is 76.9 cm³/mol. The smallest absolute Gasteiger partial charge is 0.0610 e. The molecule has 18 heavy (non-hydrogen) atoms. The van der Waals surface area contributed by atoms with Gasteiger partial charge >= 0.3 is 0 Å². The van der Waals surface area contributed by atoms with E-state index in [1.165, 1.54) is 39.0 Å². The van der Waals surface area contributed by atoms with E-state index in [-0.39, 0.29) is 12.1 Å². The number of piperazine rings is 1. The lowest BCUT2D eigenvalue weighted by Gasteiger charge is -2.37. The minimum Gasteiger partial charge on any atom is -0.394 e. The number of hydrogen-bond acceptors (Lipinski definition) is 4. The molecule has 0 spiro atoms. The number of hydrogen-bond donors (Lipinski definition) is 2. The van der Waals surface area contributed by atoms with Crippen LogP contribution in [0.1, 0.15) is 33.1 Å². The summed E-state index contributed by atoms with van der Waals surface area (Å²) >= 11 is 0. The maximum absolute atomic E-state index is 9.32. The van der Waals surface area contributed by atoms with E-state index in [1.807, 2.05) is 7.05 Å².